The van der Waals surface area contributed by atoms with Crippen molar-refractivity contribution < 1.29 is 14.6 Å². The summed E-state index contributed by atoms with van der Waals surface area (Å²) < 4.78 is 5.28. The van der Waals surface area contributed by atoms with Gasteiger partial charge in [0.25, 0.3) is 0 Å². The number of aliphatic hydroxyl groups is 1. The van der Waals surface area contributed by atoms with Gasteiger partial charge in [-0.25, -0.2) is 0 Å². The van der Waals surface area contributed by atoms with Crippen molar-refractivity contribution in [1.82, 2.24) is 5.32 Å². The Morgan fingerprint density at radius 2 is 2.11 bits per heavy atom. The Morgan fingerprint density at radius 3 is 2.79 bits per heavy atom. The van der Waals surface area contributed by atoms with Crippen LogP contribution in [0.15, 0.2) is 30.3 Å². The lowest BCUT2D eigenvalue weighted by atomic mass is 10.1. The average Bonchev–Trinajstić information content (AvgIpc) is 3.22. The maximum atomic E-state index is 11.5. The summed E-state index contributed by atoms with van der Waals surface area (Å²) in [7, 11) is 0. The van der Waals surface area contributed by atoms with Crippen LogP contribution in [-0.4, -0.2) is 36.9 Å². The molecule has 2 N–H and O–H groups in total. The standard InChI is InChI=1S/C15H21NO3/c17-14(8-12-4-2-1-3-5-12)9-16-15(18)11-19-10-13-6-7-13/h1-5,13-14,17H,6-11H2,(H,16,18). The Morgan fingerprint density at radius 1 is 1.37 bits per heavy atom. The summed E-state index contributed by atoms with van der Waals surface area (Å²) >= 11 is 0. The first kappa shape index (κ1) is 14.0. The van der Waals surface area contributed by atoms with E-state index in [1.54, 1.807) is 0 Å². The van der Waals surface area contributed by atoms with Crippen LogP contribution in [0.1, 0.15) is 18.4 Å². The quantitative estimate of drug-likeness (QED) is 0.739. The van der Waals surface area contributed by atoms with Gasteiger partial charge >= 0.3 is 0 Å². The predicted octanol–water partition coefficient (Wildman–Crippen LogP) is 1.13. The summed E-state index contributed by atoms with van der Waals surface area (Å²) in [6.45, 7) is 1.04. The minimum atomic E-state index is -0.560. The zero-order valence-corrected chi connectivity index (χ0v) is 11.0. The SMILES string of the molecule is O=C(COCC1CC1)NCC(O)Cc1ccccc1. The van der Waals surface area contributed by atoms with E-state index in [0.29, 0.717) is 18.9 Å². The average molecular weight is 263 g/mol. The van der Waals surface area contributed by atoms with Gasteiger partial charge in [0.05, 0.1) is 12.7 Å². The highest BCUT2D eigenvalue weighted by atomic mass is 16.5. The molecule has 1 amide bonds. The van der Waals surface area contributed by atoms with Gasteiger partial charge in [-0.05, 0) is 24.3 Å². The van der Waals surface area contributed by atoms with Crippen molar-refractivity contribution in [3.63, 3.8) is 0 Å². The maximum Gasteiger partial charge on any atom is 0.246 e. The highest BCUT2D eigenvalue weighted by Crippen LogP contribution is 2.28. The van der Waals surface area contributed by atoms with E-state index < -0.39 is 6.10 Å². The van der Waals surface area contributed by atoms with Crippen molar-refractivity contribution in [2.75, 3.05) is 19.8 Å². The third-order valence-electron chi connectivity index (χ3n) is 3.13. The first-order chi connectivity index (χ1) is 9.24. The molecule has 4 heteroatoms. The van der Waals surface area contributed by atoms with Gasteiger partial charge < -0.3 is 15.2 Å². The van der Waals surface area contributed by atoms with Crippen molar-refractivity contribution in [1.29, 1.82) is 0 Å². The van der Waals surface area contributed by atoms with Crippen LogP contribution < -0.4 is 5.32 Å². The lowest BCUT2D eigenvalue weighted by Crippen LogP contribution is -2.35. The van der Waals surface area contributed by atoms with Crippen molar-refractivity contribution in [3.8, 4) is 0 Å². The van der Waals surface area contributed by atoms with Gasteiger partial charge in [-0.15, -0.1) is 0 Å². The van der Waals surface area contributed by atoms with Crippen LogP contribution in [0.4, 0.5) is 0 Å². The zero-order valence-electron chi connectivity index (χ0n) is 11.0. The molecule has 0 spiro atoms. The number of ether oxygens (including phenoxy) is 1. The molecule has 0 saturated heterocycles. The maximum absolute atomic E-state index is 11.5. The molecule has 1 aromatic carbocycles. The molecule has 1 fully saturated rings. The second-order valence-electron chi connectivity index (χ2n) is 5.11. The van der Waals surface area contributed by atoms with Crippen LogP contribution in [0, 0.1) is 5.92 Å². The van der Waals surface area contributed by atoms with E-state index in [-0.39, 0.29) is 19.1 Å². The van der Waals surface area contributed by atoms with Crippen LogP contribution in [0.25, 0.3) is 0 Å². The number of benzene rings is 1. The number of nitrogens with one attached hydrogen (secondary N) is 1. The lowest BCUT2D eigenvalue weighted by molar-refractivity contribution is -0.126. The van der Waals surface area contributed by atoms with Crippen LogP contribution in [0.5, 0.6) is 0 Å². The fourth-order valence-corrected chi connectivity index (χ4v) is 1.84. The van der Waals surface area contributed by atoms with Gasteiger partial charge in [0.1, 0.15) is 6.61 Å². The van der Waals surface area contributed by atoms with E-state index in [2.05, 4.69) is 5.32 Å². The second kappa shape index (κ2) is 7.26. The van der Waals surface area contributed by atoms with Gasteiger partial charge in [-0.2, -0.15) is 0 Å². The molecule has 104 valence electrons. The summed E-state index contributed by atoms with van der Waals surface area (Å²) in [5, 5.41) is 12.5. The molecule has 0 heterocycles. The minimum absolute atomic E-state index is 0.0918. The molecular formula is C15H21NO3. The monoisotopic (exact) mass is 263 g/mol. The molecule has 1 aliphatic carbocycles. The second-order valence-corrected chi connectivity index (χ2v) is 5.11. The molecule has 1 atom stereocenters. The summed E-state index contributed by atoms with van der Waals surface area (Å²) in [4.78, 5) is 11.5. The number of hydrogen-bond donors (Lipinski definition) is 2. The number of hydrogen-bond acceptors (Lipinski definition) is 3. The lowest BCUT2D eigenvalue weighted by Gasteiger charge is -2.12. The third kappa shape index (κ3) is 5.85. The fraction of sp³-hybridized carbons (Fsp3) is 0.533. The molecule has 1 aliphatic rings. The van der Waals surface area contributed by atoms with E-state index >= 15 is 0 Å². The van der Waals surface area contributed by atoms with Crippen molar-refractivity contribution in [2.45, 2.75) is 25.4 Å². The Bertz CT molecular complexity index is 390. The molecule has 0 radical (unpaired) electrons. The van der Waals surface area contributed by atoms with Crippen LogP contribution in [0.2, 0.25) is 0 Å². The molecule has 0 bridgehead atoms. The summed E-state index contributed by atoms with van der Waals surface area (Å²) in [6.07, 6.45) is 2.42. The number of carbonyl (C=O) groups is 1. The molecule has 0 aromatic heterocycles. The number of aliphatic hydroxyl groups excluding tert-OH is 1. The largest absolute Gasteiger partial charge is 0.391 e. The van der Waals surface area contributed by atoms with E-state index in [1.165, 1.54) is 12.8 Å². The topological polar surface area (TPSA) is 58.6 Å². The van der Waals surface area contributed by atoms with Gasteiger partial charge in [-0.3, -0.25) is 4.79 Å². The van der Waals surface area contributed by atoms with E-state index in [4.69, 9.17) is 4.74 Å². The molecular weight excluding hydrogens is 242 g/mol. The summed E-state index contributed by atoms with van der Waals surface area (Å²) in [5.41, 5.74) is 1.06. The van der Waals surface area contributed by atoms with Gasteiger partial charge in [-0.1, -0.05) is 30.3 Å². The van der Waals surface area contributed by atoms with E-state index in [9.17, 15) is 9.90 Å². The first-order valence-electron chi connectivity index (χ1n) is 6.80. The van der Waals surface area contributed by atoms with Gasteiger partial charge in [0.15, 0.2) is 0 Å². The summed E-state index contributed by atoms with van der Waals surface area (Å²) in [5.74, 6) is 0.504. The number of carbonyl (C=O) groups excluding carboxylic acids is 1. The first-order valence-corrected chi connectivity index (χ1v) is 6.80. The molecule has 2 rings (SSSR count). The molecule has 1 aromatic rings. The van der Waals surface area contributed by atoms with Crippen LogP contribution in [-0.2, 0) is 16.0 Å². The third-order valence-corrected chi connectivity index (χ3v) is 3.13. The number of rotatable bonds is 8. The highest BCUT2D eigenvalue weighted by molar-refractivity contribution is 5.77. The predicted molar refractivity (Wildman–Crippen MR) is 72.7 cm³/mol. The van der Waals surface area contributed by atoms with E-state index in [1.807, 2.05) is 30.3 Å². The fourth-order valence-electron chi connectivity index (χ4n) is 1.84. The van der Waals surface area contributed by atoms with E-state index in [0.717, 1.165) is 5.56 Å². The zero-order chi connectivity index (χ0) is 13.5. The normalized spacial score (nSPS) is 16.1. The Kier molecular flexibility index (Phi) is 5.36. The smallest absolute Gasteiger partial charge is 0.246 e. The van der Waals surface area contributed by atoms with Gasteiger partial charge in [0.2, 0.25) is 5.91 Å². The molecule has 4 nitrogen and oxygen atoms in total. The Labute approximate surface area is 113 Å². The van der Waals surface area contributed by atoms with Crippen LogP contribution in [0.3, 0.4) is 0 Å². The molecule has 1 saturated carbocycles. The van der Waals surface area contributed by atoms with Crippen LogP contribution >= 0.6 is 0 Å². The van der Waals surface area contributed by atoms with Crippen molar-refractivity contribution >= 4 is 5.91 Å². The minimum Gasteiger partial charge on any atom is -0.391 e. The molecule has 0 aliphatic heterocycles. The number of amides is 1. The Hall–Kier alpha value is -1.39. The molecule has 1 unspecified atom stereocenters. The highest BCUT2D eigenvalue weighted by Gasteiger charge is 2.21. The summed E-state index contributed by atoms with van der Waals surface area (Å²) in [6, 6.07) is 9.74. The van der Waals surface area contributed by atoms with Crippen molar-refractivity contribution in [3.05, 3.63) is 35.9 Å². The molecule has 19 heavy (non-hydrogen) atoms. The van der Waals surface area contributed by atoms with Crippen molar-refractivity contribution in [2.24, 2.45) is 5.92 Å². The Balaban J connectivity index is 1.57. The van der Waals surface area contributed by atoms with Gasteiger partial charge in [0, 0.05) is 13.0 Å².